The molecule has 1 unspecified atom stereocenters. The first-order valence-electron chi connectivity index (χ1n) is 10.3. The molecule has 6 rings (SSSR count). The van der Waals surface area contributed by atoms with Crippen LogP contribution in [0.15, 0.2) is 103 Å². The number of rotatable bonds is 2. The third kappa shape index (κ3) is 5.78. The molecule has 33 heavy (non-hydrogen) atoms. The Morgan fingerprint density at radius 2 is 1.42 bits per heavy atom. The fraction of sp³-hybridized carbons (Fsp3) is 0.0690. The summed E-state index contributed by atoms with van der Waals surface area (Å²) in [5, 5.41) is 5.68. The Bertz CT molecular complexity index is 1270. The van der Waals surface area contributed by atoms with E-state index >= 15 is 0 Å². The van der Waals surface area contributed by atoms with Gasteiger partial charge < -0.3 is 9.41 Å². The maximum atomic E-state index is 3.30. The van der Waals surface area contributed by atoms with Gasteiger partial charge in [-0.25, -0.2) is 0 Å². The van der Waals surface area contributed by atoms with Gasteiger partial charge in [0.1, 0.15) is 0 Å². The Kier molecular flexibility index (Phi) is 9.95. The van der Waals surface area contributed by atoms with E-state index in [1.165, 1.54) is 49.2 Å². The van der Waals surface area contributed by atoms with E-state index in [0.717, 1.165) is 15.0 Å². The van der Waals surface area contributed by atoms with Crippen LogP contribution in [-0.2, 0) is 32.3 Å². The van der Waals surface area contributed by atoms with Gasteiger partial charge in [0, 0.05) is 0 Å². The van der Waals surface area contributed by atoms with Crippen molar-refractivity contribution in [3.63, 3.8) is 0 Å². The molecule has 5 aromatic rings. The molecule has 0 aromatic heterocycles. The SMILES string of the molecule is Cc1[cH-]c2ccccc2c1Pc1ccccc1.[F-].[F-].[Hf+4].[c-]1cccc2c1Cc1ccccc1-2. The molecular formula is C29H23F2HfP. The van der Waals surface area contributed by atoms with Crippen LogP contribution in [0.3, 0.4) is 0 Å². The fourth-order valence-electron chi connectivity index (χ4n) is 4.20. The van der Waals surface area contributed by atoms with Crippen molar-refractivity contribution in [2.75, 3.05) is 0 Å². The van der Waals surface area contributed by atoms with Gasteiger partial charge in [-0.1, -0.05) is 78.7 Å². The van der Waals surface area contributed by atoms with Crippen LogP contribution >= 0.6 is 8.58 Å². The minimum atomic E-state index is 0. The van der Waals surface area contributed by atoms with Crippen LogP contribution in [0.25, 0.3) is 21.9 Å². The van der Waals surface area contributed by atoms with Crippen molar-refractivity contribution in [3.8, 4) is 11.1 Å². The van der Waals surface area contributed by atoms with Crippen molar-refractivity contribution in [2.24, 2.45) is 0 Å². The van der Waals surface area contributed by atoms with Crippen molar-refractivity contribution < 1.29 is 35.3 Å². The maximum absolute atomic E-state index is 3.30. The molecule has 0 N–H and O–H groups in total. The van der Waals surface area contributed by atoms with Gasteiger partial charge in [-0.3, -0.25) is 0 Å². The van der Waals surface area contributed by atoms with Gasteiger partial charge in [0.25, 0.3) is 0 Å². The van der Waals surface area contributed by atoms with Crippen LogP contribution in [0.2, 0.25) is 0 Å². The van der Waals surface area contributed by atoms with E-state index in [1.54, 1.807) is 0 Å². The predicted molar refractivity (Wildman–Crippen MR) is 132 cm³/mol. The number of fused-ring (bicyclic) bond motifs is 4. The van der Waals surface area contributed by atoms with Gasteiger partial charge in [-0.05, 0) is 11.7 Å². The Morgan fingerprint density at radius 3 is 2.24 bits per heavy atom. The topological polar surface area (TPSA) is 0 Å². The van der Waals surface area contributed by atoms with Crippen molar-refractivity contribution in [1.82, 2.24) is 0 Å². The van der Waals surface area contributed by atoms with Crippen LogP contribution in [0, 0.1) is 13.0 Å². The monoisotopic (exact) mass is 620 g/mol. The first-order valence-corrected chi connectivity index (χ1v) is 11.3. The molecule has 0 bridgehead atoms. The Labute approximate surface area is 214 Å². The zero-order chi connectivity index (χ0) is 20.3. The van der Waals surface area contributed by atoms with Crippen LogP contribution in [0.1, 0.15) is 16.7 Å². The molecule has 5 aromatic carbocycles. The molecule has 1 aliphatic rings. The normalized spacial score (nSPS) is 10.8. The molecule has 1 aliphatic carbocycles. The predicted octanol–water partition coefficient (Wildman–Crippen LogP) is 0.560. The fourth-order valence-corrected chi connectivity index (χ4v) is 5.48. The summed E-state index contributed by atoms with van der Waals surface area (Å²) in [6, 6.07) is 39.8. The van der Waals surface area contributed by atoms with Gasteiger partial charge in [0.15, 0.2) is 0 Å². The van der Waals surface area contributed by atoms with Crippen LogP contribution in [0.4, 0.5) is 0 Å². The smallest absolute Gasteiger partial charge is 1.00 e. The van der Waals surface area contributed by atoms with Gasteiger partial charge in [-0.2, -0.15) is 29.8 Å². The van der Waals surface area contributed by atoms with Gasteiger partial charge >= 0.3 is 25.8 Å². The van der Waals surface area contributed by atoms with E-state index in [0.29, 0.717) is 0 Å². The van der Waals surface area contributed by atoms with E-state index in [9.17, 15) is 0 Å². The molecule has 0 saturated heterocycles. The van der Waals surface area contributed by atoms with Crippen LogP contribution in [-0.4, -0.2) is 0 Å². The maximum Gasteiger partial charge on any atom is 4.00 e. The molecule has 0 spiro atoms. The second-order valence-electron chi connectivity index (χ2n) is 7.68. The van der Waals surface area contributed by atoms with Gasteiger partial charge in [0.2, 0.25) is 0 Å². The van der Waals surface area contributed by atoms with Crippen LogP contribution < -0.4 is 20.0 Å². The summed E-state index contributed by atoms with van der Waals surface area (Å²) < 4.78 is 0. The van der Waals surface area contributed by atoms with E-state index in [-0.39, 0.29) is 35.3 Å². The summed E-state index contributed by atoms with van der Waals surface area (Å²) >= 11 is 0. The Morgan fingerprint density at radius 1 is 0.758 bits per heavy atom. The number of hydrogen-bond donors (Lipinski definition) is 0. The first kappa shape index (κ1) is 26.9. The molecule has 0 heterocycles. The van der Waals surface area contributed by atoms with Gasteiger partial charge in [-0.15, -0.1) is 60.1 Å². The van der Waals surface area contributed by atoms with E-state index in [4.69, 9.17) is 0 Å². The number of benzene rings is 4. The third-order valence-electron chi connectivity index (χ3n) is 5.66. The second-order valence-corrected chi connectivity index (χ2v) is 9.00. The summed E-state index contributed by atoms with van der Waals surface area (Å²) in [5.41, 5.74) is 6.92. The summed E-state index contributed by atoms with van der Waals surface area (Å²) in [4.78, 5) is 0. The molecule has 162 valence electrons. The Balaban J connectivity index is 0.000000220. The third-order valence-corrected chi connectivity index (χ3v) is 7.19. The molecule has 0 nitrogen and oxygen atoms in total. The zero-order valence-electron chi connectivity index (χ0n) is 18.3. The zero-order valence-corrected chi connectivity index (χ0v) is 22.9. The second kappa shape index (κ2) is 12.2. The van der Waals surface area contributed by atoms with Crippen LogP contribution in [0.5, 0.6) is 0 Å². The number of halogens is 2. The average Bonchev–Trinajstić information content (AvgIpc) is 3.32. The standard InChI is InChI=1S/C16H14P.C13H9.2FH.Hf/c1-12-11-13-7-5-6-10-15(13)16(12)17-14-8-3-2-4-9-14;1-3-7-12-10(5-1)9-11-6-2-4-8-13(11)12;;;/h2-11,17H,1H3;1-5,7-8H,9H2;2*1H;/q2*-1;;;+4/p-2. The van der Waals surface area contributed by atoms with Gasteiger partial charge in [0.05, 0.1) is 0 Å². The molecule has 0 aliphatic heterocycles. The quantitative estimate of drug-likeness (QED) is 0.151. The average molecular weight is 619 g/mol. The molecule has 0 radical (unpaired) electrons. The van der Waals surface area contributed by atoms with Crippen molar-refractivity contribution >= 4 is 30.0 Å². The first-order chi connectivity index (χ1) is 14.8. The molecule has 0 fully saturated rings. The van der Waals surface area contributed by atoms with Crippen molar-refractivity contribution in [2.45, 2.75) is 13.3 Å². The molecular weight excluding hydrogens is 596 g/mol. The number of aryl methyl sites for hydroxylation is 1. The molecule has 1 atom stereocenters. The summed E-state index contributed by atoms with van der Waals surface area (Å²) in [5.74, 6) is 0. The minimum absolute atomic E-state index is 0. The van der Waals surface area contributed by atoms with Crippen molar-refractivity contribution in [3.05, 3.63) is 126 Å². The molecule has 4 heteroatoms. The summed E-state index contributed by atoms with van der Waals surface area (Å²) in [6.07, 6.45) is 1.05. The summed E-state index contributed by atoms with van der Waals surface area (Å²) in [6.45, 7) is 2.21. The summed E-state index contributed by atoms with van der Waals surface area (Å²) in [7, 11) is 0.754. The van der Waals surface area contributed by atoms with Crippen molar-refractivity contribution in [1.29, 1.82) is 0 Å². The number of hydrogen-bond acceptors (Lipinski definition) is 0. The van der Waals surface area contributed by atoms with E-state index in [2.05, 4.69) is 110 Å². The Hall–Kier alpha value is -2.35. The molecule has 0 saturated carbocycles. The largest absolute Gasteiger partial charge is 4.00 e. The molecule has 0 amide bonds. The van der Waals surface area contributed by atoms with E-state index < -0.39 is 0 Å². The van der Waals surface area contributed by atoms with E-state index in [1.807, 2.05) is 6.07 Å². The minimum Gasteiger partial charge on any atom is -1.00 e.